The molecule has 0 aromatic carbocycles. The van der Waals surface area contributed by atoms with Gasteiger partial charge in [0, 0.05) is 0 Å². The molecule has 0 aliphatic carbocycles. The lowest BCUT2D eigenvalue weighted by molar-refractivity contribution is -0.405. The van der Waals surface area contributed by atoms with Crippen LogP contribution in [0.15, 0.2) is 0 Å². The van der Waals surface area contributed by atoms with E-state index < -0.39 is 26.0 Å². The number of halogens is 7. The van der Waals surface area contributed by atoms with Crippen LogP contribution in [0.3, 0.4) is 0 Å². The van der Waals surface area contributed by atoms with Gasteiger partial charge in [0.25, 0.3) is 0 Å². The molecule has 0 aromatic rings. The summed E-state index contributed by atoms with van der Waals surface area (Å²) in [6.45, 7) is 0. The zero-order chi connectivity index (χ0) is 12.7. The second-order valence-corrected chi connectivity index (χ2v) is 3.33. The number of phosphoric ester groups is 1. The van der Waals surface area contributed by atoms with Gasteiger partial charge in [-0.05, 0) is 0 Å². The van der Waals surface area contributed by atoms with Crippen molar-refractivity contribution in [1.29, 1.82) is 0 Å². The molecular weight excluding hydrogens is 264 g/mol. The summed E-state index contributed by atoms with van der Waals surface area (Å²) in [4.78, 5) is 15.4. The molecule has 0 atom stereocenters. The standard InChI is InChI=1S/C3H2F7O4P/c4-1(5,2(6,7)8)3(9,10)14-15(11,12)13/h(H2,11,12,13). The monoisotopic (exact) mass is 266 g/mol. The molecule has 92 valence electrons. The predicted molar refractivity (Wildman–Crippen MR) is 29.1 cm³/mol. The Hall–Kier alpha value is -0.380. The highest BCUT2D eigenvalue weighted by atomic mass is 31.2. The molecule has 0 radical (unpaired) electrons. The van der Waals surface area contributed by atoms with Crippen molar-refractivity contribution in [2.45, 2.75) is 18.2 Å². The van der Waals surface area contributed by atoms with Crippen LogP contribution in [0, 0.1) is 0 Å². The largest absolute Gasteiger partial charge is 0.474 e. The first kappa shape index (κ1) is 14.6. The number of phosphoric acid groups is 1. The summed E-state index contributed by atoms with van der Waals surface area (Å²) in [6.07, 6.45) is -13.1. The summed E-state index contributed by atoms with van der Waals surface area (Å²) in [5.74, 6) is -6.71. The maximum atomic E-state index is 12.0. The van der Waals surface area contributed by atoms with Crippen molar-refractivity contribution >= 4 is 7.82 Å². The lowest BCUT2D eigenvalue weighted by atomic mass is 10.3. The Morgan fingerprint density at radius 2 is 1.27 bits per heavy atom. The molecule has 12 heteroatoms. The Kier molecular flexibility index (Phi) is 3.49. The van der Waals surface area contributed by atoms with Crippen LogP contribution in [-0.2, 0) is 9.09 Å². The van der Waals surface area contributed by atoms with E-state index in [1.807, 2.05) is 0 Å². The summed E-state index contributed by atoms with van der Waals surface area (Å²) in [7, 11) is -6.18. The van der Waals surface area contributed by atoms with Crippen LogP contribution in [0.2, 0.25) is 0 Å². The molecule has 4 nitrogen and oxygen atoms in total. The third-order valence-corrected chi connectivity index (χ3v) is 1.42. The van der Waals surface area contributed by atoms with E-state index >= 15 is 0 Å². The first-order chi connectivity index (χ1) is 6.21. The molecule has 0 fully saturated rings. The maximum Gasteiger partial charge on any atom is 0.474 e. The molecule has 0 unspecified atom stereocenters. The van der Waals surface area contributed by atoms with Gasteiger partial charge in [-0.15, -0.1) is 0 Å². The van der Waals surface area contributed by atoms with E-state index in [2.05, 4.69) is 4.52 Å². The molecule has 0 spiro atoms. The normalized spacial score (nSPS) is 15.5. The van der Waals surface area contributed by atoms with Gasteiger partial charge in [-0.1, -0.05) is 0 Å². The van der Waals surface area contributed by atoms with E-state index in [0.717, 1.165) is 0 Å². The predicted octanol–water partition coefficient (Wildman–Crippen LogP) is 1.89. The molecular formula is C3H2F7O4P. The Bertz CT molecular complexity index is 278. The minimum Gasteiger partial charge on any atom is -0.303 e. The zero-order valence-corrected chi connectivity index (χ0v) is 7.20. The van der Waals surface area contributed by atoms with Crippen molar-refractivity contribution in [1.82, 2.24) is 0 Å². The molecule has 0 saturated carbocycles. The SMILES string of the molecule is O=P(O)(O)OC(F)(F)C(F)(F)C(F)(F)F. The minimum atomic E-state index is -6.71. The van der Waals surface area contributed by atoms with Crippen LogP contribution in [0.4, 0.5) is 30.7 Å². The molecule has 0 amide bonds. The minimum absolute atomic E-state index is 2.08. The third-order valence-electron chi connectivity index (χ3n) is 0.955. The van der Waals surface area contributed by atoms with Crippen LogP contribution in [0.25, 0.3) is 0 Å². The second kappa shape index (κ2) is 3.58. The fourth-order valence-electron chi connectivity index (χ4n) is 0.372. The second-order valence-electron chi connectivity index (χ2n) is 2.17. The lowest BCUT2D eigenvalue weighted by Gasteiger charge is -2.27. The Labute approximate surface area is 76.9 Å². The van der Waals surface area contributed by atoms with Crippen LogP contribution in [-0.4, -0.2) is 28.0 Å². The van der Waals surface area contributed by atoms with Gasteiger partial charge in [-0.25, -0.2) is 9.09 Å². The smallest absolute Gasteiger partial charge is 0.303 e. The fourth-order valence-corrected chi connectivity index (χ4v) is 0.785. The van der Waals surface area contributed by atoms with Crippen LogP contribution in [0.5, 0.6) is 0 Å². The summed E-state index contributed by atoms with van der Waals surface area (Å²) >= 11 is 0. The Balaban J connectivity index is 5.12. The fraction of sp³-hybridized carbons (Fsp3) is 1.00. The van der Waals surface area contributed by atoms with Gasteiger partial charge in [0.1, 0.15) is 0 Å². The quantitative estimate of drug-likeness (QED) is 0.604. The molecule has 0 aliphatic heterocycles. The van der Waals surface area contributed by atoms with Gasteiger partial charge >= 0.3 is 26.0 Å². The van der Waals surface area contributed by atoms with E-state index in [1.54, 1.807) is 0 Å². The first-order valence-corrected chi connectivity index (χ1v) is 4.32. The zero-order valence-electron chi connectivity index (χ0n) is 6.30. The molecule has 0 heterocycles. The van der Waals surface area contributed by atoms with Crippen molar-refractivity contribution in [3.8, 4) is 0 Å². The Morgan fingerprint density at radius 3 is 1.47 bits per heavy atom. The number of hydrogen-bond acceptors (Lipinski definition) is 2. The van der Waals surface area contributed by atoms with Crippen molar-refractivity contribution in [3.05, 3.63) is 0 Å². The lowest BCUT2D eigenvalue weighted by Crippen LogP contribution is -2.52. The highest BCUT2D eigenvalue weighted by Crippen LogP contribution is 2.53. The van der Waals surface area contributed by atoms with E-state index in [0.29, 0.717) is 0 Å². The average molecular weight is 266 g/mol. The molecule has 0 bridgehead atoms. The van der Waals surface area contributed by atoms with Crippen molar-refractivity contribution in [2.24, 2.45) is 0 Å². The summed E-state index contributed by atoms with van der Waals surface area (Å²) in [5.41, 5.74) is 0. The van der Waals surface area contributed by atoms with E-state index in [-0.39, 0.29) is 0 Å². The van der Waals surface area contributed by atoms with E-state index in [9.17, 15) is 35.3 Å². The molecule has 15 heavy (non-hydrogen) atoms. The van der Waals surface area contributed by atoms with Gasteiger partial charge < -0.3 is 9.79 Å². The van der Waals surface area contributed by atoms with Gasteiger partial charge in [-0.2, -0.15) is 30.7 Å². The highest BCUT2D eigenvalue weighted by Gasteiger charge is 2.76. The van der Waals surface area contributed by atoms with E-state index in [1.165, 1.54) is 0 Å². The summed E-state index contributed by atoms with van der Waals surface area (Å²) in [5, 5.41) is 0. The first-order valence-electron chi connectivity index (χ1n) is 2.79. The molecule has 0 rings (SSSR count). The van der Waals surface area contributed by atoms with E-state index in [4.69, 9.17) is 9.79 Å². The van der Waals surface area contributed by atoms with Crippen LogP contribution >= 0.6 is 7.82 Å². The van der Waals surface area contributed by atoms with Gasteiger partial charge in [-0.3, -0.25) is 0 Å². The Morgan fingerprint density at radius 1 is 0.933 bits per heavy atom. The number of rotatable bonds is 3. The van der Waals surface area contributed by atoms with Gasteiger partial charge in [0.2, 0.25) is 0 Å². The van der Waals surface area contributed by atoms with Gasteiger partial charge in [0.15, 0.2) is 0 Å². The topological polar surface area (TPSA) is 66.8 Å². The summed E-state index contributed by atoms with van der Waals surface area (Å²) in [6, 6.07) is 0. The maximum absolute atomic E-state index is 12.0. The van der Waals surface area contributed by atoms with Crippen molar-refractivity contribution < 1.29 is 49.6 Å². The summed E-state index contributed by atoms with van der Waals surface area (Å²) < 4.78 is 93.6. The van der Waals surface area contributed by atoms with Crippen molar-refractivity contribution in [2.75, 3.05) is 0 Å². The van der Waals surface area contributed by atoms with Crippen LogP contribution in [0.1, 0.15) is 0 Å². The highest BCUT2D eigenvalue weighted by molar-refractivity contribution is 7.46. The van der Waals surface area contributed by atoms with Crippen LogP contribution < -0.4 is 0 Å². The molecule has 0 saturated heterocycles. The third kappa shape index (κ3) is 3.30. The molecule has 0 aromatic heterocycles. The average Bonchev–Trinajstić information content (AvgIpc) is 1.77. The molecule has 2 N–H and O–H groups in total. The number of hydrogen-bond donors (Lipinski definition) is 2. The van der Waals surface area contributed by atoms with Gasteiger partial charge in [0.05, 0.1) is 0 Å². The van der Waals surface area contributed by atoms with Crippen molar-refractivity contribution in [3.63, 3.8) is 0 Å². The number of alkyl halides is 7. The molecule has 0 aliphatic rings.